The predicted molar refractivity (Wildman–Crippen MR) is 78.2 cm³/mol. The summed E-state index contributed by atoms with van der Waals surface area (Å²) < 4.78 is 7.11. The monoisotopic (exact) mass is 273 g/mol. The van der Waals surface area contributed by atoms with Crippen LogP contribution in [-0.4, -0.2) is 46.0 Å². The van der Waals surface area contributed by atoms with E-state index >= 15 is 0 Å². The summed E-state index contributed by atoms with van der Waals surface area (Å²) >= 11 is 0. The molecule has 1 aliphatic rings. The van der Waals surface area contributed by atoms with Crippen LogP contribution in [0.25, 0.3) is 11.1 Å². The van der Waals surface area contributed by atoms with Crippen molar-refractivity contribution in [3.05, 3.63) is 36.9 Å². The van der Waals surface area contributed by atoms with Gasteiger partial charge in [-0.25, -0.2) is 0 Å². The van der Waals surface area contributed by atoms with Crippen molar-refractivity contribution in [2.24, 2.45) is 5.10 Å². The van der Waals surface area contributed by atoms with Crippen LogP contribution in [0, 0.1) is 0 Å². The van der Waals surface area contributed by atoms with Crippen molar-refractivity contribution >= 4 is 6.02 Å². The molecule has 0 amide bonds. The Hall–Kier alpha value is -2.37. The molecule has 2 aromatic rings. The molecule has 0 aromatic carbocycles. The average molecular weight is 273 g/mol. The van der Waals surface area contributed by atoms with E-state index in [0.29, 0.717) is 12.6 Å². The summed E-state index contributed by atoms with van der Waals surface area (Å²) in [4.78, 5) is 4.09. The highest BCUT2D eigenvalue weighted by Crippen LogP contribution is 2.16. The lowest BCUT2D eigenvalue weighted by Gasteiger charge is -2.20. The summed E-state index contributed by atoms with van der Waals surface area (Å²) in [6.07, 6.45) is 7.21. The van der Waals surface area contributed by atoms with Crippen molar-refractivity contribution in [1.29, 1.82) is 0 Å². The highest BCUT2D eigenvalue weighted by Gasteiger charge is 2.13. The van der Waals surface area contributed by atoms with Gasteiger partial charge < -0.3 is 4.74 Å². The normalized spacial score (nSPS) is 13.9. The zero-order chi connectivity index (χ0) is 14.4. The van der Waals surface area contributed by atoms with Gasteiger partial charge in [-0.05, 0) is 6.07 Å². The number of hydrogen-bond acceptors (Lipinski definition) is 5. The van der Waals surface area contributed by atoms with E-state index in [0.717, 1.165) is 17.7 Å². The minimum atomic E-state index is 0.499. The fourth-order valence-corrected chi connectivity index (χ4v) is 1.72. The van der Waals surface area contributed by atoms with Crippen molar-refractivity contribution < 1.29 is 4.74 Å². The maximum atomic E-state index is 5.48. The second-order valence-electron chi connectivity index (χ2n) is 4.03. The van der Waals surface area contributed by atoms with Crippen LogP contribution >= 0.6 is 0 Å². The third-order valence-corrected chi connectivity index (χ3v) is 2.68. The third kappa shape index (κ3) is 3.14. The maximum Gasteiger partial charge on any atom is 0.334 e. The Morgan fingerprint density at radius 3 is 2.75 bits per heavy atom. The van der Waals surface area contributed by atoms with Gasteiger partial charge in [0.25, 0.3) is 0 Å². The van der Waals surface area contributed by atoms with E-state index in [2.05, 4.69) is 15.2 Å². The molecule has 1 aliphatic heterocycles. The van der Waals surface area contributed by atoms with E-state index in [1.54, 1.807) is 23.3 Å². The largest absolute Gasteiger partial charge is 0.460 e. The highest BCUT2D eigenvalue weighted by molar-refractivity contribution is 5.77. The van der Waals surface area contributed by atoms with Crippen LogP contribution in [0.2, 0.25) is 0 Å². The van der Waals surface area contributed by atoms with E-state index in [-0.39, 0.29) is 0 Å². The molecule has 0 fully saturated rings. The van der Waals surface area contributed by atoms with Gasteiger partial charge >= 0.3 is 6.02 Å². The number of nitrogens with zero attached hydrogens (tertiary/aromatic N) is 5. The first kappa shape index (κ1) is 14.0. The molecule has 0 atom stereocenters. The quantitative estimate of drug-likeness (QED) is 0.798. The highest BCUT2D eigenvalue weighted by atomic mass is 16.5. The Labute approximate surface area is 118 Å². The minimum Gasteiger partial charge on any atom is -0.460 e. The van der Waals surface area contributed by atoms with Crippen molar-refractivity contribution in [1.82, 2.24) is 19.8 Å². The lowest BCUT2D eigenvalue weighted by atomic mass is 10.2. The second kappa shape index (κ2) is 6.70. The fourth-order valence-electron chi connectivity index (χ4n) is 1.72. The van der Waals surface area contributed by atoms with E-state index in [4.69, 9.17) is 4.74 Å². The zero-order valence-corrected chi connectivity index (χ0v) is 12.0. The molecule has 3 rings (SSSR count). The van der Waals surface area contributed by atoms with E-state index in [1.165, 1.54) is 0 Å². The standard InChI is InChI=1S/C12H13N5O.C2H6/c1-16-5-6-18-12(15-16)17-9-11(8-14-17)10-3-2-4-13-7-10;1-2/h2-4,7-9H,5-6H2,1H3;1-2H3. The molecule has 20 heavy (non-hydrogen) atoms. The number of aromatic nitrogens is 3. The average Bonchev–Trinajstić information content (AvgIpc) is 3.00. The molecule has 0 N–H and O–H groups in total. The van der Waals surface area contributed by atoms with Crippen LogP contribution in [-0.2, 0) is 4.74 Å². The van der Waals surface area contributed by atoms with Gasteiger partial charge in [-0.15, -0.1) is 5.10 Å². The zero-order valence-electron chi connectivity index (χ0n) is 12.0. The molecule has 2 aromatic heterocycles. The summed E-state index contributed by atoms with van der Waals surface area (Å²) in [6.45, 7) is 5.41. The first-order chi connectivity index (χ1) is 9.83. The summed E-state index contributed by atoms with van der Waals surface area (Å²) in [5.74, 6) is 0. The molecule has 0 bridgehead atoms. The SMILES string of the molecule is CC.CN1CCOC(n2cc(-c3cccnc3)cn2)=N1. The Morgan fingerprint density at radius 1 is 1.20 bits per heavy atom. The Bertz CT molecular complexity index is 564. The molecule has 0 unspecified atom stereocenters. The van der Waals surface area contributed by atoms with Crippen LogP contribution in [0.4, 0.5) is 0 Å². The van der Waals surface area contributed by atoms with Gasteiger partial charge in [0.15, 0.2) is 0 Å². The van der Waals surface area contributed by atoms with E-state index < -0.39 is 0 Å². The minimum absolute atomic E-state index is 0.499. The van der Waals surface area contributed by atoms with E-state index in [1.807, 2.05) is 44.2 Å². The summed E-state index contributed by atoms with van der Waals surface area (Å²) in [6, 6.07) is 4.39. The number of pyridine rings is 1. The first-order valence-corrected chi connectivity index (χ1v) is 6.71. The lowest BCUT2D eigenvalue weighted by Crippen LogP contribution is -2.31. The molecule has 6 nitrogen and oxygen atoms in total. The molecule has 0 aliphatic carbocycles. The van der Waals surface area contributed by atoms with Gasteiger partial charge in [0.1, 0.15) is 6.61 Å². The Morgan fingerprint density at radius 2 is 2.05 bits per heavy atom. The molecule has 3 heterocycles. The molecule has 0 saturated heterocycles. The Balaban J connectivity index is 0.000000704. The second-order valence-corrected chi connectivity index (χ2v) is 4.03. The fraction of sp³-hybridized carbons (Fsp3) is 0.357. The van der Waals surface area contributed by atoms with E-state index in [9.17, 15) is 0 Å². The van der Waals surface area contributed by atoms with Crippen LogP contribution < -0.4 is 0 Å². The van der Waals surface area contributed by atoms with Crippen LogP contribution in [0.3, 0.4) is 0 Å². The van der Waals surface area contributed by atoms with Crippen molar-refractivity contribution in [2.45, 2.75) is 13.8 Å². The molecule has 6 heteroatoms. The van der Waals surface area contributed by atoms with Gasteiger partial charge in [0, 0.05) is 36.8 Å². The van der Waals surface area contributed by atoms with Gasteiger partial charge in [-0.3, -0.25) is 9.99 Å². The number of hydrogen-bond donors (Lipinski definition) is 0. The Kier molecular flexibility index (Phi) is 4.70. The maximum absolute atomic E-state index is 5.48. The van der Waals surface area contributed by atoms with Gasteiger partial charge in [0.2, 0.25) is 0 Å². The number of ether oxygens (including phenoxy) is 1. The lowest BCUT2D eigenvalue weighted by molar-refractivity contribution is 0.180. The molecule has 106 valence electrons. The number of hydrazone groups is 1. The van der Waals surface area contributed by atoms with Crippen LogP contribution in [0.5, 0.6) is 0 Å². The number of likely N-dealkylation sites (N-methyl/N-ethyl adjacent to an activating group) is 1. The van der Waals surface area contributed by atoms with Gasteiger partial charge in [-0.1, -0.05) is 19.9 Å². The van der Waals surface area contributed by atoms with Crippen molar-refractivity contribution in [2.75, 3.05) is 20.2 Å². The molecule has 0 saturated carbocycles. The predicted octanol–water partition coefficient (Wildman–Crippen LogP) is 2.05. The van der Waals surface area contributed by atoms with Crippen molar-refractivity contribution in [3.8, 4) is 11.1 Å². The molecule has 0 spiro atoms. The summed E-state index contributed by atoms with van der Waals surface area (Å²) in [5, 5.41) is 10.4. The summed E-state index contributed by atoms with van der Waals surface area (Å²) in [5.41, 5.74) is 2.01. The molecule has 0 radical (unpaired) electrons. The smallest absolute Gasteiger partial charge is 0.334 e. The topological polar surface area (TPSA) is 55.5 Å². The molecular weight excluding hydrogens is 254 g/mol. The number of rotatable bonds is 1. The molecular formula is C14H19N5O. The first-order valence-electron chi connectivity index (χ1n) is 6.71. The van der Waals surface area contributed by atoms with Gasteiger partial charge in [0.05, 0.1) is 12.7 Å². The van der Waals surface area contributed by atoms with Gasteiger partial charge in [-0.2, -0.15) is 9.78 Å². The van der Waals surface area contributed by atoms with Crippen molar-refractivity contribution in [3.63, 3.8) is 0 Å². The van der Waals surface area contributed by atoms with Crippen LogP contribution in [0.1, 0.15) is 13.8 Å². The third-order valence-electron chi connectivity index (χ3n) is 2.68. The summed E-state index contributed by atoms with van der Waals surface area (Å²) in [7, 11) is 1.91. The van der Waals surface area contributed by atoms with Crippen LogP contribution in [0.15, 0.2) is 42.0 Å².